The third kappa shape index (κ3) is 4.10. The summed E-state index contributed by atoms with van der Waals surface area (Å²) in [6.45, 7) is 6.32. The van der Waals surface area contributed by atoms with Gasteiger partial charge in [-0.15, -0.1) is 0 Å². The summed E-state index contributed by atoms with van der Waals surface area (Å²) in [7, 11) is -0.582. The number of aliphatic imine (C=N–C) groups is 1. The largest absolute Gasteiger partial charge is 0.478 e. The first-order valence-corrected chi connectivity index (χ1v) is 11.4. The molecule has 4 heteroatoms. The third-order valence-corrected chi connectivity index (χ3v) is 8.05. The van der Waals surface area contributed by atoms with Gasteiger partial charge in [-0.05, 0) is 29.4 Å². The van der Waals surface area contributed by atoms with Gasteiger partial charge < -0.3 is 4.74 Å². The summed E-state index contributed by atoms with van der Waals surface area (Å²) in [4.78, 5) is 4.99. The molecule has 2 aromatic rings. The van der Waals surface area contributed by atoms with Crippen LogP contribution in [0.25, 0.3) is 0 Å². The van der Waals surface area contributed by atoms with Crippen LogP contribution in [0.3, 0.4) is 0 Å². The minimum atomic E-state index is -0.582. The molecule has 3 nitrogen and oxygen atoms in total. The summed E-state index contributed by atoms with van der Waals surface area (Å²) < 4.78 is 8.82. The zero-order valence-electron chi connectivity index (χ0n) is 16.3. The SMILES string of the molecule is CC(C)[C@H]1COC([C@@H]2CCCCN2P(c2ccccc2)c2ccccc2)=N1. The van der Waals surface area contributed by atoms with Crippen molar-refractivity contribution in [3.63, 3.8) is 0 Å². The summed E-state index contributed by atoms with van der Waals surface area (Å²) in [6, 6.07) is 22.6. The lowest BCUT2D eigenvalue weighted by Gasteiger charge is -2.40. The highest BCUT2D eigenvalue weighted by molar-refractivity contribution is 7.70. The zero-order valence-corrected chi connectivity index (χ0v) is 17.2. The minimum absolute atomic E-state index is 0.300. The average Bonchev–Trinajstić information content (AvgIpc) is 3.21. The number of rotatable bonds is 5. The molecule has 2 aliphatic rings. The van der Waals surface area contributed by atoms with Crippen LogP contribution in [0.1, 0.15) is 33.1 Å². The highest BCUT2D eigenvalue weighted by Crippen LogP contribution is 2.43. The number of piperidine rings is 1. The molecule has 4 rings (SSSR count). The topological polar surface area (TPSA) is 24.8 Å². The normalized spacial score (nSPS) is 23.5. The van der Waals surface area contributed by atoms with Gasteiger partial charge in [-0.2, -0.15) is 0 Å². The highest BCUT2D eigenvalue weighted by atomic mass is 31.1. The van der Waals surface area contributed by atoms with Crippen molar-refractivity contribution in [1.82, 2.24) is 4.67 Å². The lowest BCUT2D eigenvalue weighted by Crippen LogP contribution is -2.45. The Morgan fingerprint density at radius 3 is 2.15 bits per heavy atom. The Bertz CT molecular complexity index is 723. The molecule has 0 radical (unpaired) electrons. The van der Waals surface area contributed by atoms with Gasteiger partial charge in [-0.25, -0.2) is 4.99 Å². The van der Waals surface area contributed by atoms with Gasteiger partial charge in [-0.3, -0.25) is 4.67 Å². The third-order valence-electron chi connectivity index (χ3n) is 5.48. The second-order valence-electron chi connectivity index (χ2n) is 7.75. The van der Waals surface area contributed by atoms with Crippen molar-refractivity contribution in [3.05, 3.63) is 60.7 Å². The lowest BCUT2D eigenvalue weighted by atomic mass is 10.0. The van der Waals surface area contributed by atoms with Gasteiger partial charge >= 0.3 is 0 Å². The van der Waals surface area contributed by atoms with Crippen molar-refractivity contribution >= 4 is 24.6 Å². The number of hydrogen-bond donors (Lipinski definition) is 0. The molecular weight excluding hydrogens is 351 g/mol. The lowest BCUT2D eigenvalue weighted by molar-refractivity contribution is 0.245. The fourth-order valence-corrected chi connectivity index (χ4v) is 6.56. The van der Waals surface area contributed by atoms with Crippen molar-refractivity contribution < 1.29 is 4.74 Å². The molecule has 0 unspecified atom stereocenters. The molecule has 0 bridgehead atoms. The van der Waals surface area contributed by atoms with Crippen molar-refractivity contribution in [3.8, 4) is 0 Å². The molecule has 0 N–H and O–H groups in total. The molecular formula is C23H29N2OP. The Morgan fingerprint density at radius 1 is 0.963 bits per heavy atom. The maximum atomic E-state index is 6.14. The number of nitrogens with zero attached hydrogens (tertiary/aromatic N) is 2. The maximum absolute atomic E-state index is 6.14. The van der Waals surface area contributed by atoms with Gasteiger partial charge in [-0.1, -0.05) is 80.9 Å². The highest BCUT2D eigenvalue weighted by Gasteiger charge is 2.37. The van der Waals surface area contributed by atoms with Crippen molar-refractivity contribution in [2.45, 2.75) is 45.2 Å². The van der Waals surface area contributed by atoms with E-state index in [1.807, 2.05) is 0 Å². The van der Waals surface area contributed by atoms with Gasteiger partial charge in [0.1, 0.15) is 6.61 Å². The smallest absolute Gasteiger partial charge is 0.201 e. The first-order chi connectivity index (χ1) is 13.2. The van der Waals surface area contributed by atoms with E-state index >= 15 is 0 Å². The van der Waals surface area contributed by atoms with Crippen LogP contribution < -0.4 is 10.6 Å². The Kier molecular flexibility index (Phi) is 5.90. The molecule has 142 valence electrons. The van der Waals surface area contributed by atoms with Gasteiger partial charge in [0.15, 0.2) is 0 Å². The molecule has 1 fully saturated rings. The molecule has 2 heterocycles. The number of hydrogen-bond acceptors (Lipinski definition) is 3. The summed E-state index contributed by atoms with van der Waals surface area (Å²) in [5.74, 6) is 1.51. The second-order valence-corrected chi connectivity index (χ2v) is 9.92. The predicted molar refractivity (Wildman–Crippen MR) is 115 cm³/mol. The molecule has 0 saturated carbocycles. The van der Waals surface area contributed by atoms with Crippen LogP contribution in [0, 0.1) is 5.92 Å². The van der Waals surface area contributed by atoms with Crippen LogP contribution in [0.15, 0.2) is 65.7 Å². The average molecular weight is 380 g/mol. The summed E-state index contributed by atoms with van der Waals surface area (Å²) in [6.07, 6.45) is 3.64. The van der Waals surface area contributed by atoms with E-state index in [0.717, 1.165) is 25.5 Å². The van der Waals surface area contributed by atoms with E-state index in [2.05, 4.69) is 79.2 Å². The van der Waals surface area contributed by atoms with E-state index in [1.54, 1.807) is 0 Å². The number of benzene rings is 2. The maximum Gasteiger partial charge on any atom is 0.201 e. The summed E-state index contributed by atoms with van der Waals surface area (Å²) in [5, 5.41) is 2.81. The van der Waals surface area contributed by atoms with E-state index in [-0.39, 0.29) is 0 Å². The molecule has 27 heavy (non-hydrogen) atoms. The molecule has 1 saturated heterocycles. The molecule has 0 amide bonds. The molecule has 2 aliphatic heterocycles. The van der Waals surface area contributed by atoms with Crippen molar-refractivity contribution in [1.29, 1.82) is 0 Å². The Hall–Kier alpha value is -1.70. The van der Waals surface area contributed by atoms with Gasteiger partial charge in [0.2, 0.25) is 5.90 Å². The van der Waals surface area contributed by atoms with Gasteiger partial charge in [0.05, 0.1) is 12.1 Å². The Balaban J connectivity index is 1.70. The Labute approximate surface area is 164 Å². The van der Waals surface area contributed by atoms with Crippen molar-refractivity contribution in [2.24, 2.45) is 10.9 Å². The van der Waals surface area contributed by atoms with Gasteiger partial charge in [0, 0.05) is 14.6 Å². The minimum Gasteiger partial charge on any atom is -0.478 e. The fourth-order valence-electron chi connectivity index (χ4n) is 3.92. The Morgan fingerprint density at radius 2 is 1.59 bits per heavy atom. The summed E-state index contributed by atoms with van der Waals surface area (Å²) in [5.41, 5.74) is 0. The van der Waals surface area contributed by atoms with E-state index < -0.39 is 8.07 Å². The van der Waals surface area contributed by atoms with Crippen LogP contribution in [0.5, 0.6) is 0 Å². The van der Waals surface area contributed by atoms with Gasteiger partial charge in [0.25, 0.3) is 0 Å². The van der Waals surface area contributed by atoms with E-state index in [1.165, 1.54) is 23.5 Å². The first kappa shape index (κ1) is 18.7. The number of ether oxygens (including phenoxy) is 1. The predicted octanol–water partition coefficient (Wildman–Crippen LogP) is 4.34. The molecule has 0 spiro atoms. The monoisotopic (exact) mass is 380 g/mol. The van der Waals surface area contributed by atoms with Crippen molar-refractivity contribution in [2.75, 3.05) is 13.2 Å². The zero-order chi connectivity index (χ0) is 18.6. The van der Waals surface area contributed by atoms with Crippen LogP contribution in [-0.2, 0) is 4.74 Å². The van der Waals surface area contributed by atoms with Crippen LogP contribution in [0.2, 0.25) is 0 Å². The quantitative estimate of drug-likeness (QED) is 0.721. The second kappa shape index (κ2) is 8.54. The van der Waals surface area contributed by atoms with E-state index in [9.17, 15) is 0 Å². The molecule has 0 aromatic heterocycles. The molecule has 2 atom stereocenters. The molecule has 0 aliphatic carbocycles. The summed E-state index contributed by atoms with van der Waals surface area (Å²) >= 11 is 0. The fraction of sp³-hybridized carbons (Fsp3) is 0.435. The van der Waals surface area contributed by atoms with E-state index in [0.29, 0.717) is 18.0 Å². The molecule has 2 aromatic carbocycles. The van der Waals surface area contributed by atoms with E-state index in [4.69, 9.17) is 9.73 Å². The first-order valence-electron chi connectivity index (χ1n) is 10.1. The van der Waals surface area contributed by atoms with Crippen LogP contribution >= 0.6 is 8.07 Å². The van der Waals surface area contributed by atoms with Crippen LogP contribution in [0.4, 0.5) is 0 Å². The van der Waals surface area contributed by atoms with Crippen LogP contribution in [-0.4, -0.2) is 35.8 Å². The standard InChI is InChI=1S/C23H29N2OP/c1-18(2)21-17-26-23(24-21)22-15-9-10-16-25(22)27(19-11-5-3-6-12-19)20-13-7-4-8-14-20/h3-8,11-14,18,21-22H,9-10,15-17H2,1-2H3/t21-,22+/m1/s1.